The van der Waals surface area contributed by atoms with Crippen molar-refractivity contribution in [3.63, 3.8) is 0 Å². The minimum atomic E-state index is -1.13. The summed E-state index contributed by atoms with van der Waals surface area (Å²) in [6.45, 7) is 0. The molecule has 3 aromatic rings. The van der Waals surface area contributed by atoms with Gasteiger partial charge in [0.1, 0.15) is 6.15 Å². The third-order valence-corrected chi connectivity index (χ3v) is 5.50. The average molecular weight is 321 g/mol. The summed E-state index contributed by atoms with van der Waals surface area (Å²) in [5.74, 6) is 0. The Kier molecular flexibility index (Phi) is 4.39. The normalized spacial score (nSPS) is 14.2. The van der Waals surface area contributed by atoms with Crippen molar-refractivity contribution in [3.8, 4) is 0 Å². The highest BCUT2D eigenvalue weighted by Crippen LogP contribution is 2.24. The fraction of sp³-hybridized carbons (Fsp3) is 0.0833. The molecule has 1 aliphatic rings. The lowest BCUT2D eigenvalue weighted by Gasteiger charge is -2.46. The van der Waals surface area contributed by atoms with E-state index in [1.54, 1.807) is 0 Å². The number of rotatable bonds is 4. The summed E-state index contributed by atoms with van der Waals surface area (Å²) in [6, 6.07) is 33.0. The van der Waals surface area contributed by atoms with Gasteiger partial charge in [0.25, 0.3) is 0 Å². The second-order valence-corrected chi connectivity index (χ2v) is 6.81. The summed E-state index contributed by atoms with van der Waals surface area (Å²) in [4.78, 5) is 0. The predicted octanol–water partition coefficient (Wildman–Crippen LogP) is 3.97. The van der Waals surface area contributed by atoms with Crippen molar-refractivity contribution in [1.29, 1.82) is 0 Å². The second kappa shape index (κ2) is 6.98. The third-order valence-electron chi connectivity index (χ3n) is 5.50. The molecule has 0 N–H and O–H groups in total. The maximum absolute atomic E-state index is 2.34. The van der Waals surface area contributed by atoms with Gasteiger partial charge in [-0.3, -0.25) is 0 Å². The molecular weight excluding hydrogens is 299 g/mol. The van der Waals surface area contributed by atoms with Crippen LogP contribution in [0, 0.1) is 0 Å². The van der Waals surface area contributed by atoms with Crippen LogP contribution in [-0.2, 0) is 0 Å². The van der Waals surface area contributed by atoms with Crippen LogP contribution in [0.1, 0.15) is 12.8 Å². The monoisotopic (exact) mass is 321 g/mol. The second-order valence-electron chi connectivity index (χ2n) is 6.81. The molecule has 0 amide bonds. The van der Waals surface area contributed by atoms with Crippen LogP contribution in [0.5, 0.6) is 0 Å². The van der Waals surface area contributed by atoms with Gasteiger partial charge < -0.3 is 0 Å². The first-order valence-corrected chi connectivity index (χ1v) is 9.10. The maximum Gasteiger partial charge on any atom is 0.103 e. The van der Waals surface area contributed by atoms with Gasteiger partial charge in [0.05, 0.1) is 0 Å². The number of allylic oxidation sites excluding steroid dienone is 4. The number of hydrogen-bond donors (Lipinski definition) is 0. The van der Waals surface area contributed by atoms with E-state index in [0.29, 0.717) is 0 Å². The van der Waals surface area contributed by atoms with Crippen LogP contribution in [0.4, 0.5) is 0 Å². The molecule has 0 bridgehead atoms. The molecule has 122 valence electrons. The quantitative estimate of drug-likeness (QED) is 0.638. The molecule has 0 saturated heterocycles. The van der Waals surface area contributed by atoms with Gasteiger partial charge >= 0.3 is 0 Å². The predicted molar refractivity (Wildman–Crippen MR) is 110 cm³/mol. The van der Waals surface area contributed by atoms with Crippen LogP contribution in [0.25, 0.3) is 0 Å². The van der Waals surface area contributed by atoms with Gasteiger partial charge in [0.15, 0.2) is 0 Å². The van der Waals surface area contributed by atoms with E-state index in [0.717, 1.165) is 12.8 Å². The molecular formula is C24H22B-. The van der Waals surface area contributed by atoms with E-state index in [-0.39, 0.29) is 0 Å². The van der Waals surface area contributed by atoms with Crippen LogP contribution in [0.15, 0.2) is 115 Å². The van der Waals surface area contributed by atoms with Crippen molar-refractivity contribution in [3.05, 3.63) is 115 Å². The Morgan fingerprint density at radius 2 is 1.00 bits per heavy atom. The van der Waals surface area contributed by atoms with E-state index >= 15 is 0 Å². The molecule has 0 fully saturated rings. The van der Waals surface area contributed by atoms with Crippen LogP contribution in [-0.4, -0.2) is 6.15 Å². The molecule has 0 radical (unpaired) electrons. The van der Waals surface area contributed by atoms with Crippen LogP contribution < -0.4 is 16.4 Å². The van der Waals surface area contributed by atoms with Gasteiger partial charge in [-0.2, -0.15) is 16.4 Å². The van der Waals surface area contributed by atoms with Crippen molar-refractivity contribution >= 4 is 22.5 Å². The SMILES string of the molecule is C1=CCCC([B-](c2ccccc2)(c2ccccc2)c2ccccc2)=C1. The summed E-state index contributed by atoms with van der Waals surface area (Å²) >= 11 is 0. The molecule has 0 spiro atoms. The van der Waals surface area contributed by atoms with E-state index in [2.05, 4.69) is 109 Å². The smallest absolute Gasteiger partial charge is 0.103 e. The zero-order chi connectivity index (χ0) is 17.0. The Balaban J connectivity index is 2.08. The standard InChI is InChI=1S/C24H22B/c1-5-13-21(14-6-1)25(22-15-7-2-8-16-22,23-17-9-3-10-18-23)24-19-11-4-12-20-24/h1-11,13-19H,12,20H2/q-1. The fourth-order valence-corrected chi connectivity index (χ4v) is 4.43. The topological polar surface area (TPSA) is 0 Å². The van der Waals surface area contributed by atoms with E-state index in [1.165, 1.54) is 21.9 Å². The van der Waals surface area contributed by atoms with Crippen LogP contribution in [0.3, 0.4) is 0 Å². The van der Waals surface area contributed by atoms with Gasteiger partial charge in [-0.25, -0.2) is 5.47 Å². The molecule has 0 saturated carbocycles. The lowest BCUT2D eigenvalue weighted by atomic mass is 9.12. The van der Waals surface area contributed by atoms with Crippen molar-refractivity contribution < 1.29 is 0 Å². The Hall–Kier alpha value is -2.80. The summed E-state index contributed by atoms with van der Waals surface area (Å²) in [6.07, 6.45) is 7.93. The highest BCUT2D eigenvalue weighted by atomic mass is 14.1. The van der Waals surface area contributed by atoms with Gasteiger partial charge in [-0.1, -0.05) is 110 Å². The first-order chi connectivity index (χ1) is 12.4. The first-order valence-electron chi connectivity index (χ1n) is 9.10. The lowest BCUT2D eigenvalue weighted by Crippen LogP contribution is -2.68. The van der Waals surface area contributed by atoms with Gasteiger partial charge in [0, 0.05) is 0 Å². The van der Waals surface area contributed by atoms with Crippen LogP contribution >= 0.6 is 0 Å². The fourth-order valence-electron chi connectivity index (χ4n) is 4.43. The molecule has 1 aliphatic carbocycles. The highest BCUT2D eigenvalue weighted by Gasteiger charge is 2.32. The van der Waals surface area contributed by atoms with Gasteiger partial charge in [0.2, 0.25) is 0 Å². The molecule has 0 aliphatic heterocycles. The Labute approximate surface area is 150 Å². The molecule has 25 heavy (non-hydrogen) atoms. The average Bonchev–Trinajstić information content (AvgIpc) is 2.72. The summed E-state index contributed by atoms with van der Waals surface area (Å²) in [5, 5.41) is 0. The van der Waals surface area contributed by atoms with E-state index in [1.807, 2.05) is 0 Å². The van der Waals surface area contributed by atoms with E-state index in [4.69, 9.17) is 0 Å². The van der Waals surface area contributed by atoms with E-state index in [9.17, 15) is 0 Å². The number of benzene rings is 3. The Morgan fingerprint density at radius 3 is 1.36 bits per heavy atom. The highest BCUT2D eigenvalue weighted by molar-refractivity contribution is 7.16. The van der Waals surface area contributed by atoms with Crippen molar-refractivity contribution in [2.24, 2.45) is 0 Å². The summed E-state index contributed by atoms with van der Waals surface area (Å²) in [5.41, 5.74) is 5.69. The zero-order valence-electron chi connectivity index (χ0n) is 14.4. The summed E-state index contributed by atoms with van der Waals surface area (Å²) in [7, 11) is 0. The minimum absolute atomic E-state index is 1.11. The minimum Gasteiger partial charge on any atom is -0.217 e. The number of hydrogen-bond acceptors (Lipinski definition) is 0. The first kappa shape index (κ1) is 15.7. The molecule has 0 unspecified atom stereocenters. The molecule has 0 nitrogen and oxygen atoms in total. The summed E-state index contributed by atoms with van der Waals surface area (Å²) < 4.78 is 0. The molecule has 0 atom stereocenters. The third kappa shape index (κ3) is 2.76. The van der Waals surface area contributed by atoms with Crippen LogP contribution in [0.2, 0.25) is 0 Å². The zero-order valence-corrected chi connectivity index (χ0v) is 14.4. The lowest BCUT2D eigenvalue weighted by molar-refractivity contribution is 1.01. The van der Waals surface area contributed by atoms with Crippen molar-refractivity contribution in [2.75, 3.05) is 0 Å². The molecule has 4 rings (SSSR count). The van der Waals surface area contributed by atoms with Crippen molar-refractivity contribution in [2.45, 2.75) is 12.8 Å². The van der Waals surface area contributed by atoms with E-state index < -0.39 is 6.15 Å². The molecule has 1 heteroatoms. The molecule has 0 heterocycles. The van der Waals surface area contributed by atoms with Gasteiger partial charge in [-0.05, 0) is 6.42 Å². The van der Waals surface area contributed by atoms with Crippen molar-refractivity contribution in [1.82, 2.24) is 0 Å². The largest absolute Gasteiger partial charge is 0.217 e. The molecule has 0 aromatic heterocycles. The van der Waals surface area contributed by atoms with Gasteiger partial charge in [-0.15, -0.1) is 6.08 Å². The maximum atomic E-state index is 2.34. The Morgan fingerprint density at radius 1 is 0.560 bits per heavy atom. The Bertz CT molecular complexity index is 780. The molecule has 3 aromatic carbocycles.